The molecule has 2 rings (SSSR count). The summed E-state index contributed by atoms with van der Waals surface area (Å²) in [6, 6.07) is 7.43. The van der Waals surface area contributed by atoms with Crippen LogP contribution in [0.15, 0.2) is 33.9 Å². The van der Waals surface area contributed by atoms with Gasteiger partial charge in [0, 0.05) is 16.6 Å². The molecule has 0 aliphatic carbocycles. The SMILES string of the molecule is CCCc1nnc(S[C@@H](C)C(=O)Nc2ccc(Br)cc2)n1N. The van der Waals surface area contributed by atoms with Gasteiger partial charge in [0.2, 0.25) is 11.1 Å². The Kier molecular flexibility index (Phi) is 5.84. The molecule has 118 valence electrons. The van der Waals surface area contributed by atoms with Gasteiger partial charge in [-0.3, -0.25) is 4.79 Å². The highest BCUT2D eigenvalue weighted by Gasteiger charge is 2.19. The summed E-state index contributed by atoms with van der Waals surface area (Å²) in [5.74, 6) is 6.56. The smallest absolute Gasteiger partial charge is 0.237 e. The molecular formula is C14H18BrN5OS. The lowest BCUT2D eigenvalue weighted by atomic mass is 10.3. The fraction of sp³-hybridized carbons (Fsp3) is 0.357. The van der Waals surface area contributed by atoms with Crippen LogP contribution in [-0.4, -0.2) is 26.0 Å². The largest absolute Gasteiger partial charge is 0.336 e. The van der Waals surface area contributed by atoms with Gasteiger partial charge in [0.1, 0.15) is 0 Å². The molecule has 0 saturated heterocycles. The fourth-order valence-electron chi connectivity index (χ4n) is 1.77. The molecule has 0 bridgehead atoms. The topological polar surface area (TPSA) is 85.8 Å². The number of nitrogen functional groups attached to an aromatic ring is 1. The molecule has 0 saturated carbocycles. The molecule has 1 amide bonds. The Morgan fingerprint density at radius 3 is 2.73 bits per heavy atom. The second-order valence-electron chi connectivity index (χ2n) is 4.78. The van der Waals surface area contributed by atoms with Crippen molar-refractivity contribution in [2.75, 3.05) is 11.2 Å². The predicted octanol–water partition coefficient (Wildman–Crippen LogP) is 2.83. The van der Waals surface area contributed by atoms with E-state index in [2.05, 4.69) is 38.4 Å². The van der Waals surface area contributed by atoms with Gasteiger partial charge in [0.05, 0.1) is 5.25 Å². The third-order valence-electron chi connectivity index (χ3n) is 2.97. The first-order valence-electron chi connectivity index (χ1n) is 6.93. The van der Waals surface area contributed by atoms with Crippen molar-refractivity contribution < 1.29 is 4.79 Å². The quantitative estimate of drug-likeness (QED) is 0.591. The molecular weight excluding hydrogens is 366 g/mol. The van der Waals surface area contributed by atoms with Crippen molar-refractivity contribution >= 4 is 39.3 Å². The van der Waals surface area contributed by atoms with Gasteiger partial charge in [-0.25, -0.2) is 4.68 Å². The third kappa shape index (κ3) is 4.23. The summed E-state index contributed by atoms with van der Waals surface area (Å²) in [5.41, 5.74) is 0.751. The number of amides is 1. The Balaban J connectivity index is 1.97. The number of nitrogens with one attached hydrogen (secondary N) is 1. The minimum atomic E-state index is -0.329. The number of halogens is 1. The Morgan fingerprint density at radius 2 is 2.09 bits per heavy atom. The number of carbonyl (C=O) groups is 1. The standard InChI is InChI=1S/C14H18BrN5OS/c1-3-4-12-18-19-14(20(12)16)22-9(2)13(21)17-11-7-5-10(15)6-8-11/h5-9H,3-4,16H2,1-2H3,(H,17,21)/t9-/m0/s1. The number of nitrogens with zero attached hydrogens (tertiary/aromatic N) is 3. The van der Waals surface area contributed by atoms with E-state index in [9.17, 15) is 4.79 Å². The number of hydrogen-bond acceptors (Lipinski definition) is 5. The van der Waals surface area contributed by atoms with Gasteiger partial charge in [-0.2, -0.15) is 0 Å². The van der Waals surface area contributed by atoms with E-state index in [4.69, 9.17) is 5.84 Å². The summed E-state index contributed by atoms with van der Waals surface area (Å²) in [4.78, 5) is 12.2. The number of aromatic nitrogens is 3. The number of hydrogen-bond donors (Lipinski definition) is 2. The molecule has 22 heavy (non-hydrogen) atoms. The number of rotatable bonds is 6. The number of carbonyl (C=O) groups excluding carboxylic acids is 1. The molecule has 0 fully saturated rings. The first-order valence-corrected chi connectivity index (χ1v) is 8.61. The van der Waals surface area contributed by atoms with E-state index in [1.807, 2.05) is 31.2 Å². The van der Waals surface area contributed by atoms with Gasteiger partial charge >= 0.3 is 0 Å². The van der Waals surface area contributed by atoms with Crippen molar-refractivity contribution in [2.45, 2.75) is 37.1 Å². The van der Waals surface area contributed by atoms with Crippen molar-refractivity contribution in [1.29, 1.82) is 0 Å². The molecule has 1 aromatic heterocycles. The van der Waals surface area contributed by atoms with Crippen molar-refractivity contribution in [2.24, 2.45) is 0 Å². The molecule has 0 aliphatic heterocycles. The zero-order valence-electron chi connectivity index (χ0n) is 12.4. The van der Waals surface area contributed by atoms with E-state index < -0.39 is 0 Å². The summed E-state index contributed by atoms with van der Waals surface area (Å²) < 4.78 is 2.42. The zero-order valence-corrected chi connectivity index (χ0v) is 14.8. The normalized spacial score (nSPS) is 12.1. The van der Waals surface area contributed by atoms with Crippen LogP contribution in [0.2, 0.25) is 0 Å². The lowest BCUT2D eigenvalue weighted by Crippen LogP contribution is -2.23. The summed E-state index contributed by atoms with van der Waals surface area (Å²) in [6.07, 6.45) is 1.71. The fourth-order valence-corrected chi connectivity index (χ4v) is 2.82. The molecule has 3 N–H and O–H groups in total. The van der Waals surface area contributed by atoms with Gasteiger partial charge in [-0.05, 0) is 37.6 Å². The maximum atomic E-state index is 12.2. The molecule has 1 aromatic carbocycles. The summed E-state index contributed by atoms with van der Waals surface area (Å²) >= 11 is 4.65. The number of benzene rings is 1. The van der Waals surface area contributed by atoms with Crippen LogP contribution in [0.1, 0.15) is 26.1 Å². The first kappa shape index (κ1) is 16.8. The van der Waals surface area contributed by atoms with Crippen LogP contribution in [0.3, 0.4) is 0 Å². The van der Waals surface area contributed by atoms with E-state index in [1.54, 1.807) is 0 Å². The lowest BCUT2D eigenvalue weighted by molar-refractivity contribution is -0.115. The number of thioether (sulfide) groups is 1. The van der Waals surface area contributed by atoms with E-state index in [1.165, 1.54) is 16.4 Å². The van der Waals surface area contributed by atoms with Crippen molar-refractivity contribution in [3.05, 3.63) is 34.6 Å². The second kappa shape index (κ2) is 7.64. The number of aryl methyl sites for hydroxylation is 1. The van der Waals surface area contributed by atoms with Crippen LogP contribution in [0, 0.1) is 0 Å². The van der Waals surface area contributed by atoms with Crippen LogP contribution in [0.25, 0.3) is 0 Å². The molecule has 0 aliphatic rings. The van der Waals surface area contributed by atoms with Crippen molar-refractivity contribution in [1.82, 2.24) is 14.9 Å². The minimum absolute atomic E-state index is 0.104. The van der Waals surface area contributed by atoms with E-state index >= 15 is 0 Å². The molecule has 0 spiro atoms. The molecule has 0 radical (unpaired) electrons. The minimum Gasteiger partial charge on any atom is -0.336 e. The van der Waals surface area contributed by atoms with Gasteiger partial charge in [0.25, 0.3) is 0 Å². The molecule has 1 heterocycles. The number of anilines is 1. The van der Waals surface area contributed by atoms with E-state index in [0.29, 0.717) is 5.16 Å². The molecule has 6 nitrogen and oxygen atoms in total. The van der Waals surface area contributed by atoms with Gasteiger partial charge in [0.15, 0.2) is 5.82 Å². The van der Waals surface area contributed by atoms with Crippen LogP contribution < -0.4 is 11.2 Å². The summed E-state index contributed by atoms with van der Waals surface area (Å²) in [5, 5.41) is 11.2. The molecule has 2 aromatic rings. The monoisotopic (exact) mass is 383 g/mol. The van der Waals surface area contributed by atoms with Crippen molar-refractivity contribution in [3.63, 3.8) is 0 Å². The van der Waals surface area contributed by atoms with Gasteiger partial charge in [-0.1, -0.05) is 34.6 Å². The van der Waals surface area contributed by atoms with Gasteiger partial charge < -0.3 is 11.2 Å². The zero-order chi connectivity index (χ0) is 16.1. The highest BCUT2D eigenvalue weighted by atomic mass is 79.9. The Labute approximate surface area is 142 Å². The van der Waals surface area contributed by atoms with Crippen molar-refractivity contribution in [3.8, 4) is 0 Å². The maximum Gasteiger partial charge on any atom is 0.237 e. The summed E-state index contributed by atoms with van der Waals surface area (Å²) in [6.45, 7) is 3.86. The molecule has 8 heteroatoms. The maximum absolute atomic E-state index is 12.2. The van der Waals surface area contributed by atoms with Crippen LogP contribution in [0.5, 0.6) is 0 Å². The Hall–Kier alpha value is -1.54. The average molecular weight is 384 g/mol. The van der Waals surface area contributed by atoms with Crippen LogP contribution in [-0.2, 0) is 11.2 Å². The van der Waals surface area contributed by atoms with Crippen LogP contribution >= 0.6 is 27.7 Å². The average Bonchev–Trinajstić information content (AvgIpc) is 2.83. The molecule has 0 unspecified atom stereocenters. The van der Waals surface area contributed by atoms with E-state index in [0.717, 1.165) is 28.8 Å². The first-order chi connectivity index (χ1) is 10.5. The van der Waals surface area contributed by atoms with E-state index in [-0.39, 0.29) is 11.2 Å². The highest BCUT2D eigenvalue weighted by Crippen LogP contribution is 2.22. The highest BCUT2D eigenvalue weighted by molar-refractivity contribution is 9.10. The van der Waals surface area contributed by atoms with Gasteiger partial charge in [-0.15, -0.1) is 10.2 Å². The number of nitrogens with two attached hydrogens (primary N) is 1. The lowest BCUT2D eigenvalue weighted by Gasteiger charge is -2.11. The third-order valence-corrected chi connectivity index (χ3v) is 4.56. The Morgan fingerprint density at radius 1 is 1.41 bits per heavy atom. The Bertz CT molecular complexity index is 643. The predicted molar refractivity (Wildman–Crippen MR) is 92.3 cm³/mol. The second-order valence-corrected chi connectivity index (χ2v) is 7.00. The summed E-state index contributed by atoms with van der Waals surface area (Å²) in [7, 11) is 0. The molecule has 1 atom stereocenters. The van der Waals surface area contributed by atoms with Crippen LogP contribution in [0.4, 0.5) is 5.69 Å².